The molecule has 8 atom stereocenters. The fraction of sp³-hybridized carbons (Fsp3) is 0.880. The highest BCUT2D eigenvalue weighted by Crippen LogP contribution is 2.67. The standard InChI is InChI=1S/C25H38O5/c1-15(26)29-18-10-12-23(3)17(14-18)6-7-19-20(23)11-13-24(4)21(19)8-9-22(28)25(24,5)30-16(2)27/h17-21H,6-14H2,1-5H3/t17-,18+,19+,20+,21+,23-,24+,25-/m0/s1. The average Bonchev–Trinajstić information content (AvgIpc) is 2.65. The highest BCUT2D eigenvalue weighted by atomic mass is 16.6. The molecule has 4 aliphatic rings. The monoisotopic (exact) mass is 418 g/mol. The van der Waals surface area contributed by atoms with Gasteiger partial charge in [0.25, 0.3) is 0 Å². The van der Waals surface area contributed by atoms with Crippen LogP contribution >= 0.6 is 0 Å². The first kappa shape index (κ1) is 21.8. The predicted octanol–water partition coefficient (Wildman–Crippen LogP) is 4.85. The fourth-order valence-electron chi connectivity index (χ4n) is 8.31. The van der Waals surface area contributed by atoms with Gasteiger partial charge in [0.2, 0.25) is 0 Å². The molecule has 4 rings (SSSR count). The SMILES string of the molecule is CC(=O)O[C@@H]1CC[C@@]2(C)[C@@H](CC[C@@H]3[C@H]2CC[C@]2(C)[C@@H]3CCC(=O)[C@]2(C)OC(C)=O)C1. The Labute approximate surface area is 180 Å². The van der Waals surface area contributed by atoms with Gasteiger partial charge >= 0.3 is 11.9 Å². The molecule has 0 radical (unpaired) electrons. The van der Waals surface area contributed by atoms with Crippen LogP contribution in [0.3, 0.4) is 0 Å². The number of hydrogen-bond acceptors (Lipinski definition) is 5. The highest BCUT2D eigenvalue weighted by molar-refractivity contribution is 5.91. The molecule has 4 saturated carbocycles. The molecule has 0 aromatic carbocycles. The number of carbonyl (C=O) groups excluding carboxylic acids is 3. The minimum absolute atomic E-state index is 0.0746. The van der Waals surface area contributed by atoms with E-state index in [9.17, 15) is 14.4 Å². The maximum Gasteiger partial charge on any atom is 0.303 e. The number of fused-ring (bicyclic) bond motifs is 5. The molecule has 0 aromatic rings. The highest BCUT2D eigenvalue weighted by Gasteiger charge is 2.65. The zero-order valence-electron chi connectivity index (χ0n) is 19.3. The van der Waals surface area contributed by atoms with Crippen LogP contribution in [0.4, 0.5) is 0 Å². The fourth-order valence-corrected chi connectivity index (χ4v) is 8.31. The van der Waals surface area contributed by atoms with E-state index in [4.69, 9.17) is 9.47 Å². The number of Topliss-reactive ketones (excluding diaryl/α,β-unsaturated/α-hetero) is 1. The first-order chi connectivity index (χ1) is 14.0. The summed E-state index contributed by atoms with van der Waals surface area (Å²) in [5, 5.41) is 0. The molecule has 0 aromatic heterocycles. The van der Waals surface area contributed by atoms with Gasteiger partial charge in [-0.2, -0.15) is 0 Å². The lowest BCUT2D eigenvalue weighted by atomic mass is 9.41. The second kappa shape index (κ2) is 7.34. The quantitative estimate of drug-likeness (QED) is 0.600. The normalized spacial score (nSPS) is 48.0. The maximum absolute atomic E-state index is 13.0. The van der Waals surface area contributed by atoms with E-state index in [0.717, 1.165) is 38.5 Å². The molecule has 4 aliphatic carbocycles. The van der Waals surface area contributed by atoms with Crippen LogP contribution in [0.25, 0.3) is 0 Å². The predicted molar refractivity (Wildman–Crippen MR) is 112 cm³/mol. The van der Waals surface area contributed by atoms with Crippen LogP contribution in [-0.2, 0) is 23.9 Å². The van der Waals surface area contributed by atoms with Crippen molar-refractivity contribution in [1.82, 2.24) is 0 Å². The summed E-state index contributed by atoms with van der Waals surface area (Å²) in [4.78, 5) is 36.3. The van der Waals surface area contributed by atoms with Crippen molar-refractivity contribution in [3.05, 3.63) is 0 Å². The molecular weight excluding hydrogens is 380 g/mol. The molecule has 0 aliphatic heterocycles. The van der Waals surface area contributed by atoms with E-state index in [0.29, 0.717) is 30.1 Å². The summed E-state index contributed by atoms with van der Waals surface area (Å²) in [6.07, 6.45) is 8.93. The molecule has 0 amide bonds. The Morgan fingerprint density at radius 2 is 1.63 bits per heavy atom. The van der Waals surface area contributed by atoms with Crippen molar-refractivity contribution in [2.75, 3.05) is 0 Å². The van der Waals surface area contributed by atoms with Gasteiger partial charge in [0.05, 0.1) is 0 Å². The van der Waals surface area contributed by atoms with Crippen LogP contribution in [0.15, 0.2) is 0 Å². The zero-order valence-corrected chi connectivity index (χ0v) is 19.3. The molecular formula is C25H38O5. The van der Waals surface area contributed by atoms with E-state index in [1.54, 1.807) is 0 Å². The molecule has 0 saturated heterocycles. The minimum atomic E-state index is -1.00. The van der Waals surface area contributed by atoms with Gasteiger partial charge in [-0.3, -0.25) is 14.4 Å². The number of rotatable bonds is 2. The summed E-state index contributed by atoms with van der Waals surface area (Å²) in [6.45, 7) is 9.49. The average molecular weight is 419 g/mol. The molecule has 4 fully saturated rings. The Bertz CT molecular complexity index is 746. The summed E-state index contributed by atoms with van der Waals surface area (Å²) in [5.74, 6) is 1.82. The number of hydrogen-bond donors (Lipinski definition) is 0. The number of carbonyl (C=O) groups is 3. The lowest BCUT2D eigenvalue weighted by Gasteiger charge is -2.65. The van der Waals surface area contributed by atoms with Crippen LogP contribution in [0.1, 0.15) is 92.4 Å². The number of ketones is 1. The van der Waals surface area contributed by atoms with Gasteiger partial charge in [-0.1, -0.05) is 13.8 Å². The summed E-state index contributed by atoms with van der Waals surface area (Å²) in [7, 11) is 0. The first-order valence-electron chi connectivity index (χ1n) is 11.9. The van der Waals surface area contributed by atoms with Crippen molar-refractivity contribution < 1.29 is 23.9 Å². The van der Waals surface area contributed by atoms with Crippen LogP contribution in [0.5, 0.6) is 0 Å². The van der Waals surface area contributed by atoms with Crippen molar-refractivity contribution in [2.45, 2.75) is 104 Å². The van der Waals surface area contributed by atoms with E-state index in [2.05, 4.69) is 13.8 Å². The molecule has 0 bridgehead atoms. The molecule has 5 nitrogen and oxygen atoms in total. The molecule has 168 valence electrons. The topological polar surface area (TPSA) is 69.7 Å². The maximum atomic E-state index is 13.0. The summed E-state index contributed by atoms with van der Waals surface area (Å²) >= 11 is 0. The van der Waals surface area contributed by atoms with Crippen molar-refractivity contribution in [3.63, 3.8) is 0 Å². The summed E-state index contributed by atoms with van der Waals surface area (Å²) in [5.41, 5.74) is -1.01. The zero-order chi connectivity index (χ0) is 21.9. The molecule has 0 unspecified atom stereocenters. The summed E-state index contributed by atoms with van der Waals surface area (Å²) in [6, 6.07) is 0. The lowest BCUT2D eigenvalue weighted by molar-refractivity contribution is -0.215. The van der Waals surface area contributed by atoms with Crippen molar-refractivity contribution in [3.8, 4) is 0 Å². The van der Waals surface area contributed by atoms with Gasteiger partial charge in [0.15, 0.2) is 11.4 Å². The van der Waals surface area contributed by atoms with E-state index < -0.39 is 5.60 Å². The van der Waals surface area contributed by atoms with Gasteiger partial charge in [0.1, 0.15) is 6.10 Å². The van der Waals surface area contributed by atoms with Crippen molar-refractivity contribution >= 4 is 17.7 Å². The smallest absolute Gasteiger partial charge is 0.303 e. The van der Waals surface area contributed by atoms with Gasteiger partial charge in [0, 0.05) is 25.7 Å². The van der Waals surface area contributed by atoms with Gasteiger partial charge in [-0.05, 0) is 87.4 Å². The number of ether oxygens (including phenoxy) is 2. The van der Waals surface area contributed by atoms with E-state index >= 15 is 0 Å². The van der Waals surface area contributed by atoms with Crippen LogP contribution in [0, 0.1) is 34.5 Å². The second-order valence-electron chi connectivity index (χ2n) is 11.2. The Morgan fingerprint density at radius 3 is 2.30 bits per heavy atom. The van der Waals surface area contributed by atoms with Crippen LogP contribution < -0.4 is 0 Å². The Hall–Kier alpha value is -1.39. The third-order valence-corrected chi connectivity index (χ3v) is 9.99. The van der Waals surface area contributed by atoms with Crippen LogP contribution in [-0.4, -0.2) is 29.4 Å². The third-order valence-electron chi connectivity index (χ3n) is 9.99. The second-order valence-corrected chi connectivity index (χ2v) is 11.2. The molecule has 5 heteroatoms. The lowest BCUT2D eigenvalue weighted by Crippen LogP contribution is -2.65. The Kier molecular flexibility index (Phi) is 5.34. The van der Waals surface area contributed by atoms with Gasteiger partial charge < -0.3 is 9.47 Å². The van der Waals surface area contributed by atoms with E-state index in [1.807, 2.05) is 6.92 Å². The van der Waals surface area contributed by atoms with Gasteiger partial charge in [-0.15, -0.1) is 0 Å². The van der Waals surface area contributed by atoms with Crippen molar-refractivity contribution in [1.29, 1.82) is 0 Å². The Morgan fingerprint density at radius 1 is 0.900 bits per heavy atom. The first-order valence-corrected chi connectivity index (χ1v) is 11.9. The molecule has 0 heterocycles. The third kappa shape index (κ3) is 3.14. The number of esters is 2. The van der Waals surface area contributed by atoms with Gasteiger partial charge in [-0.25, -0.2) is 0 Å². The van der Waals surface area contributed by atoms with Crippen LogP contribution in [0.2, 0.25) is 0 Å². The minimum Gasteiger partial charge on any atom is -0.463 e. The molecule has 0 spiro atoms. The molecule has 30 heavy (non-hydrogen) atoms. The van der Waals surface area contributed by atoms with Crippen molar-refractivity contribution in [2.24, 2.45) is 34.5 Å². The van der Waals surface area contributed by atoms with E-state index in [1.165, 1.54) is 26.7 Å². The molecule has 0 N–H and O–H groups in total. The summed E-state index contributed by atoms with van der Waals surface area (Å²) < 4.78 is 11.4. The van der Waals surface area contributed by atoms with E-state index in [-0.39, 0.29) is 34.7 Å². The largest absolute Gasteiger partial charge is 0.463 e. The Balaban J connectivity index is 1.59.